The van der Waals surface area contributed by atoms with Gasteiger partial charge in [-0.15, -0.1) is 0 Å². The molecule has 2 atom stereocenters. The Bertz CT molecular complexity index is 164. The standard InChI is InChI=1S/C11H23NO3/c1-9(2)14-5-4-13-8-11-7-12-6-10(3)15-11/h9-12H,4-8H2,1-3H3. The van der Waals surface area contributed by atoms with Crippen molar-refractivity contribution in [2.24, 2.45) is 0 Å². The van der Waals surface area contributed by atoms with Crippen LogP contribution in [0.2, 0.25) is 0 Å². The van der Waals surface area contributed by atoms with Gasteiger partial charge < -0.3 is 19.5 Å². The lowest BCUT2D eigenvalue weighted by Crippen LogP contribution is -2.45. The lowest BCUT2D eigenvalue weighted by atomic mass is 10.2. The maximum absolute atomic E-state index is 5.69. The van der Waals surface area contributed by atoms with Gasteiger partial charge in [0.15, 0.2) is 0 Å². The summed E-state index contributed by atoms with van der Waals surface area (Å²) in [5, 5.41) is 3.31. The Labute approximate surface area is 92.3 Å². The lowest BCUT2D eigenvalue weighted by Gasteiger charge is -2.28. The number of nitrogens with one attached hydrogen (secondary N) is 1. The normalized spacial score (nSPS) is 27.2. The van der Waals surface area contributed by atoms with Crippen LogP contribution in [0.25, 0.3) is 0 Å². The van der Waals surface area contributed by atoms with Crippen LogP contribution in [0, 0.1) is 0 Å². The molecule has 4 nitrogen and oxygen atoms in total. The minimum absolute atomic E-state index is 0.188. The van der Waals surface area contributed by atoms with E-state index in [2.05, 4.69) is 12.2 Å². The molecule has 90 valence electrons. The summed E-state index contributed by atoms with van der Waals surface area (Å²) in [5.41, 5.74) is 0. The van der Waals surface area contributed by atoms with Crippen LogP contribution in [-0.2, 0) is 14.2 Å². The molecular weight excluding hydrogens is 194 g/mol. The van der Waals surface area contributed by atoms with E-state index in [4.69, 9.17) is 14.2 Å². The maximum atomic E-state index is 5.69. The Morgan fingerprint density at radius 3 is 2.80 bits per heavy atom. The van der Waals surface area contributed by atoms with Crippen molar-refractivity contribution in [3.05, 3.63) is 0 Å². The first kappa shape index (κ1) is 12.9. The van der Waals surface area contributed by atoms with Crippen LogP contribution in [0.4, 0.5) is 0 Å². The molecule has 1 fully saturated rings. The minimum Gasteiger partial charge on any atom is -0.376 e. The molecule has 0 aromatic carbocycles. The van der Waals surface area contributed by atoms with Gasteiger partial charge >= 0.3 is 0 Å². The van der Waals surface area contributed by atoms with Gasteiger partial charge in [-0.1, -0.05) is 0 Å². The van der Waals surface area contributed by atoms with Gasteiger partial charge in [-0.3, -0.25) is 0 Å². The molecule has 0 amide bonds. The molecule has 1 rings (SSSR count). The predicted octanol–water partition coefficient (Wildman–Crippen LogP) is 0.805. The highest BCUT2D eigenvalue weighted by atomic mass is 16.6. The molecule has 1 heterocycles. The van der Waals surface area contributed by atoms with E-state index >= 15 is 0 Å². The zero-order chi connectivity index (χ0) is 11.1. The third-order valence-corrected chi connectivity index (χ3v) is 2.21. The van der Waals surface area contributed by atoms with Crippen molar-refractivity contribution in [3.63, 3.8) is 0 Å². The molecule has 1 aliphatic rings. The van der Waals surface area contributed by atoms with Gasteiger partial charge in [-0.2, -0.15) is 0 Å². The van der Waals surface area contributed by atoms with Crippen molar-refractivity contribution in [2.75, 3.05) is 32.9 Å². The third-order valence-electron chi connectivity index (χ3n) is 2.21. The van der Waals surface area contributed by atoms with Crippen molar-refractivity contribution in [2.45, 2.75) is 39.1 Å². The zero-order valence-corrected chi connectivity index (χ0v) is 9.99. The zero-order valence-electron chi connectivity index (χ0n) is 9.99. The van der Waals surface area contributed by atoms with Crippen LogP contribution < -0.4 is 5.32 Å². The fourth-order valence-corrected chi connectivity index (χ4v) is 1.53. The first-order valence-corrected chi connectivity index (χ1v) is 5.74. The molecule has 0 bridgehead atoms. The summed E-state index contributed by atoms with van der Waals surface area (Å²) in [4.78, 5) is 0. The van der Waals surface area contributed by atoms with Gasteiger partial charge in [0, 0.05) is 13.1 Å². The van der Waals surface area contributed by atoms with Gasteiger partial charge in [0.25, 0.3) is 0 Å². The molecule has 0 spiro atoms. The summed E-state index contributed by atoms with van der Waals surface area (Å²) < 4.78 is 16.5. The molecule has 0 aromatic heterocycles. The summed E-state index contributed by atoms with van der Waals surface area (Å²) in [6.45, 7) is 9.90. The monoisotopic (exact) mass is 217 g/mol. The highest BCUT2D eigenvalue weighted by Crippen LogP contribution is 2.03. The molecule has 0 saturated carbocycles. The van der Waals surface area contributed by atoms with E-state index in [9.17, 15) is 0 Å². The van der Waals surface area contributed by atoms with E-state index in [0.717, 1.165) is 13.1 Å². The largest absolute Gasteiger partial charge is 0.376 e. The number of rotatable bonds is 6. The molecule has 15 heavy (non-hydrogen) atoms. The van der Waals surface area contributed by atoms with Crippen LogP contribution >= 0.6 is 0 Å². The first-order valence-electron chi connectivity index (χ1n) is 5.74. The van der Waals surface area contributed by atoms with Crippen molar-refractivity contribution in [1.29, 1.82) is 0 Å². The molecular formula is C11H23NO3. The number of ether oxygens (including phenoxy) is 3. The van der Waals surface area contributed by atoms with E-state index in [1.54, 1.807) is 0 Å². The summed E-state index contributed by atoms with van der Waals surface area (Å²) in [6.07, 6.45) is 0.758. The van der Waals surface area contributed by atoms with Crippen LogP contribution in [0.5, 0.6) is 0 Å². The van der Waals surface area contributed by atoms with Gasteiger partial charge in [0.05, 0.1) is 38.1 Å². The van der Waals surface area contributed by atoms with Crippen LogP contribution in [0.1, 0.15) is 20.8 Å². The van der Waals surface area contributed by atoms with Crippen molar-refractivity contribution >= 4 is 0 Å². The second-order valence-electron chi connectivity index (χ2n) is 4.22. The Hall–Kier alpha value is -0.160. The van der Waals surface area contributed by atoms with E-state index in [1.807, 2.05) is 13.8 Å². The number of morpholine rings is 1. The average molecular weight is 217 g/mol. The Morgan fingerprint density at radius 1 is 1.33 bits per heavy atom. The van der Waals surface area contributed by atoms with Gasteiger partial charge in [0.1, 0.15) is 0 Å². The molecule has 1 aliphatic heterocycles. The Morgan fingerprint density at radius 2 is 2.13 bits per heavy atom. The summed E-state index contributed by atoms with van der Waals surface area (Å²) in [6, 6.07) is 0. The highest BCUT2D eigenvalue weighted by Gasteiger charge is 2.18. The predicted molar refractivity (Wildman–Crippen MR) is 59.1 cm³/mol. The fourth-order valence-electron chi connectivity index (χ4n) is 1.53. The second-order valence-corrected chi connectivity index (χ2v) is 4.22. The lowest BCUT2D eigenvalue weighted by molar-refractivity contribution is -0.0770. The quantitative estimate of drug-likeness (QED) is 0.668. The summed E-state index contributed by atoms with van der Waals surface area (Å²) in [7, 11) is 0. The molecule has 1 saturated heterocycles. The topological polar surface area (TPSA) is 39.7 Å². The van der Waals surface area contributed by atoms with E-state index in [-0.39, 0.29) is 12.2 Å². The average Bonchev–Trinajstić information content (AvgIpc) is 2.17. The summed E-state index contributed by atoms with van der Waals surface area (Å²) >= 11 is 0. The van der Waals surface area contributed by atoms with Crippen LogP contribution in [-0.4, -0.2) is 51.2 Å². The molecule has 0 aliphatic carbocycles. The molecule has 2 unspecified atom stereocenters. The van der Waals surface area contributed by atoms with Gasteiger partial charge in [-0.25, -0.2) is 0 Å². The molecule has 0 radical (unpaired) electrons. The smallest absolute Gasteiger partial charge is 0.0936 e. The third kappa shape index (κ3) is 6.10. The van der Waals surface area contributed by atoms with Crippen molar-refractivity contribution < 1.29 is 14.2 Å². The highest BCUT2D eigenvalue weighted by molar-refractivity contribution is 4.71. The Kier molecular flexibility index (Phi) is 6.17. The number of hydrogen-bond acceptors (Lipinski definition) is 4. The fraction of sp³-hybridized carbons (Fsp3) is 1.00. The van der Waals surface area contributed by atoms with E-state index in [0.29, 0.717) is 25.9 Å². The van der Waals surface area contributed by atoms with Crippen LogP contribution in [0.15, 0.2) is 0 Å². The Balaban J connectivity index is 1.95. The van der Waals surface area contributed by atoms with E-state index < -0.39 is 0 Å². The SMILES string of the molecule is CC(C)OCCOCC1CNCC(C)O1. The summed E-state index contributed by atoms with van der Waals surface area (Å²) in [5.74, 6) is 0. The molecule has 4 heteroatoms. The minimum atomic E-state index is 0.188. The maximum Gasteiger partial charge on any atom is 0.0936 e. The van der Waals surface area contributed by atoms with Crippen molar-refractivity contribution in [1.82, 2.24) is 5.32 Å². The van der Waals surface area contributed by atoms with Gasteiger partial charge in [-0.05, 0) is 20.8 Å². The molecule has 1 N–H and O–H groups in total. The first-order chi connectivity index (χ1) is 7.18. The second kappa shape index (κ2) is 7.17. The van der Waals surface area contributed by atoms with E-state index in [1.165, 1.54) is 0 Å². The number of hydrogen-bond donors (Lipinski definition) is 1. The molecule has 0 aromatic rings. The van der Waals surface area contributed by atoms with Crippen molar-refractivity contribution in [3.8, 4) is 0 Å². The van der Waals surface area contributed by atoms with Gasteiger partial charge in [0.2, 0.25) is 0 Å². The van der Waals surface area contributed by atoms with Crippen LogP contribution in [0.3, 0.4) is 0 Å².